The number of hydrogen-bond acceptors (Lipinski definition) is 4. The molecule has 0 spiro atoms. The number of halogens is 1. The first-order chi connectivity index (χ1) is 9.58. The fourth-order valence-corrected chi connectivity index (χ4v) is 1.61. The van der Waals surface area contributed by atoms with Crippen LogP contribution in [-0.4, -0.2) is 31.5 Å². The molecule has 0 aromatic heterocycles. The Kier molecular flexibility index (Phi) is 6.73. The smallest absolute Gasteiger partial charge is 0.433 e. The Morgan fingerprint density at radius 2 is 1.80 bits per heavy atom. The van der Waals surface area contributed by atoms with E-state index in [2.05, 4.69) is 9.73 Å². The maximum absolute atomic E-state index is 11.9. The van der Waals surface area contributed by atoms with Crippen LogP contribution in [0.25, 0.3) is 0 Å². The summed E-state index contributed by atoms with van der Waals surface area (Å²) in [5.74, 6) is -1.25. The Bertz CT molecular complexity index is 484. The van der Waals surface area contributed by atoms with E-state index in [1.165, 1.54) is 6.21 Å². The number of aliphatic imine (C=N–C) groups is 1. The van der Waals surface area contributed by atoms with Crippen LogP contribution in [-0.2, 0) is 14.3 Å². The van der Waals surface area contributed by atoms with Gasteiger partial charge >= 0.3 is 12.1 Å². The molecule has 1 aromatic rings. The van der Waals surface area contributed by atoms with Crippen LogP contribution >= 0.6 is 11.6 Å². The minimum absolute atomic E-state index is 0.223. The van der Waals surface area contributed by atoms with Gasteiger partial charge in [0.2, 0.25) is 0 Å². The highest BCUT2D eigenvalue weighted by Crippen LogP contribution is 2.18. The summed E-state index contributed by atoms with van der Waals surface area (Å²) >= 11 is 5.80. The summed E-state index contributed by atoms with van der Waals surface area (Å²) < 4.78 is 9.64. The van der Waals surface area contributed by atoms with Crippen molar-refractivity contribution in [2.24, 2.45) is 4.99 Å². The van der Waals surface area contributed by atoms with Gasteiger partial charge in [-0.2, -0.15) is 4.99 Å². The Balaban J connectivity index is 2.93. The molecule has 0 fully saturated rings. The van der Waals surface area contributed by atoms with Crippen molar-refractivity contribution >= 4 is 29.9 Å². The monoisotopic (exact) mass is 297 g/mol. The lowest BCUT2D eigenvalue weighted by Gasteiger charge is -2.11. The first-order valence-electron chi connectivity index (χ1n) is 6.21. The molecular formula is C14H16ClNO4. The lowest BCUT2D eigenvalue weighted by molar-refractivity contribution is -0.143. The summed E-state index contributed by atoms with van der Waals surface area (Å²) in [4.78, 5) is 26.7. The zero-order valence-electron chi connectivity index (χ0n) is 11.3. The Labute approximate surface area is 122 Å². The number of carbonyl (C=O) groups excluding carboxylic acids is 2. The number of carbonyl (C=O) groups is 2. The molecule has 0 saturated heterocycles. The maximum atomic E-state index is 11.9. The van der Waals surface area contributed by atoms with E-state index in [0.717, 1.165) is 0 Å². The van der Waals surface area contributed by atoms with Gasteiger partial charge < -0.3 is 9.47 Å². The molecule has 5 nitrogen and oxygen atoms in total. The van der Waals surface area contributed by atoms with Crippen LogP contribution < -0.4 is 0 Å². The Hall–Kier alpha value is -1.88. The third-order valence-electron chi connectivity index (χ3n) is 2.37. The van der Waals surface area contributed by atoms with Crippen molar-refractivity contribution in [3.05, 3.63) is 34.9 Å². The van der Waals surface area contributed by atoms with Crippen LogP contribution in [0, 0.1) is 0 Å². The molecule has 1 amide bonds. The molecule has 0 saturated carbocycles. The molecule has 6 heteroatoms. The molecule has 0 aliphatic heterocycles. The fraction of sp³-hybridized carbons (Fsp3) is 0.357. The fourth-order valence-electron chi connectivity index (χ4n) is 1.48. The molecule has 20 heavy (non-hydrogen) atoms. The number of hydrogen-bond donors (Lipinski definition) is 0. The van der Waals surface area contributed by atoms with Crippen LogP contribution in [0.2, 0.25) is 5.02 Å². The van der Waals surface area contributed by atoms with E-state index in [-0.39, 0.29) is 13.2 Å². The van der Waals surface area contributed by atoms with E-state index in [9.17, 15) is 9.59 Å². The van der Waals surface area contributed by atoms with Gasteiger partial charge in [0, 0.05) is 11.2 Å². The number of esters is 1. The Morgan fingerprint density at radius 3 is 2.35 bits per heavy atom. The highest BCUT2D eigenvalue weighted by atomic mass is 35.5. The predicted molar refractivity (Wildman–Crippen MR) is 76.3 cm³/mol. The summed E-state index contributed by atoms with van der Waals surface area (Å²) in [7, 11) is 0. The maximum Gasteiger partial charge on any atom is 0.433 e. The normalized spacial score (nSPS) is 12.2. The van der Waals surface area contributed by atoms with Gasteiger partial charge in [0.15, 0.2) is 0 Å². The van der Waals surface area contributed by atoms with Gasteiger partial charge in [0.1, 0.15) is 5.92 Å². The molecule has 0 aliphatic rings. The molecule has 1 rings (SSSR count). The standard InChI is InChI=1S/C14H16ClNO4/c1-3-19-13(17)12(9-16-14(18)20-4-2)10-5-7-11(15)8-6-10/h5-9,12H,3-4H2,1-2H3. The van der Waals surface area contributed by atoms with Crippen molar-refractivity contribution in [1.82, 2.24) is 0 Å². The zero-order chi connectivity index (χ0) is 15.0. The minimum atomic E-state index is -0.767. The lowest BCUT2D eigenvalue weighted by Crippen LogP contribution is -2.18. The van der Waals surface area contributed by atoms with E-state index in [0.29, 0.717) is 10.6 Å². The number of rotatable bonds is 5. The zero-order valence-corrected chi connectivity index (χ0v) is 12.1. The quantitative estimate of drug-likeness (QED) is 0.618. The molecule has 1 unspecified atom stereocenters. The number of amides is 1. The third kappa shape index (κ3) is 5.01. The van der Waals surface area contributed by atoms with Gasteiger partial charge in [-0.05, 0) is 31.5 Å². The van der Waals surface area contributed by atoms with E-state index < -0.39 is 18.0 Å². The van der Waals surface area contributed by atoms with Crippen LogP contribution in [0.3, 0.4) is 0 Å². The minimum Gasteiger partial charge on any atom is -0.465 e. The van der Waals surface area contributed by atoms with Crippen LogP contribution in [0.15, 0.2) is 29.3 Å². The van der Waals surface area contributed by atoms with Crippen molar-refractivity contribution in [1.29, 1.82) is 0 Å². The second-order valence-corrected chi connectivity index (χ2v) is 4.19. The van der Waals surface area contributed by atoms with Crippen molar-refractivity contribution in [2.75, 3.05) is 13.2 Å². The van der Waals surface area contributed by atoms with E-state index >= 15 is 0 Å². The SMILES string of the molecule is CCOC(=O)N=CC(C(=O)OCC)c1ccc(Cl)cc1. The van der Waals surface area contributed by atoms with Crippen molar-refractivity contribution in [3.8, 4) is 0 Å². The highest BCUT2D eigenvalue weighted by molar-refractivity contribution is 6.30. The Morgan fingerprint density at radius 1 is 1.20 bits per heavy atom. The van der Waals surface area contributed by atoms with Gasteiger partial charge in [-0.25, -0.2) is 4.79 Å². The van der Waals surface area contributed by atoms with Crippen LogP contribution in [0.5, 0.6) is 0 Å². The summed E-state index contributed by atoms with van der Waals surface area (Å²) in [5.41, 5.74) is 0.640. The summed E-state index contributed by atoms with van der Waals surface area (Å²) in [5, 5.41) is 0.554. The molecule has 0 N–H and O–H groups in total. The van der Waals surface area contributed by atoms with Gasteiger partial charge in [-0.3, -0.25) is 4.79 Å². The lowest BCUT2D eigenvalue weighted by atomic mass is 10.0. The largest absolute Gasteiger partial charge is 0.465 e. The first-order valence-corrected chi connectivity index (χ1v) is 6.59. The third-order valence-corrected chi connectivity index (χ3v) is 2.62. The van der Waals surface area contributed by atoms with Crippen molar-refractivity contribution < 1.29 is 19.1 Å². The topological polar surface area (TPSA) is 65.0 Å². The number of ether oxygens (including phenoxy) is 2. The van der Waals surface area contributed by atoms with Gasteiger partial charge in [-0.15, -0.1) is 0 Å². The van der Waals surface area contributed by atoms with Gasteiger partial charge in [0.25, 0.3) is 0 Å². The van der Waals surface area contributed by atoms with E-state index in [1.54, 1.807) is 38.1 Å². The average Bonchev–Trinajstić information content (AvgIpc) is 2.41. The second-order valence-electron chi connectivity index (χ2n) is 3.76. The average molecular weight is 298 g/mol. The molecule has 0 bridgehead atoms. The molecule has 0 heterocycles. The van der Waals surface area contributed by atoms with Gasteiger partial charge in [0.05, 0.1) is 13.2 Å². The second kappa shape index (κ2) is 8.32. The molecule has 0 aliphatic carbocycles. The summed E-state index contributed by atoms with van der Waals surface area (Å²) in [6.45, 7) is 3.85. The molecule has 1 atom stereocenters. The molecule has 0 radical (unpaired) electrons. The number of nitrogens with zero attached hydrogens (tertiary/aromatic N) is 1. The summed E-state index contributed by atoms with van der Waals surface area (Å²) in [6, 6.07) is 6.67. The predicted octanol–water partition coefficient (Wildman–Crippen LogP) is 3.21. The van der Waals surface area contributed by atoms with Crippen LogP contribution in [0.4, 0.5) is 4.79 Å². The molecule has 108 valence electrons. The van der Waals surface area contributed by atoms with Crippen LogP contribution in [0.1, 0.15) is 25.3 Å². The number of benzene rings is 1. The molecule has 1 aromatic carbocycles. The van der Waals surface area contributed by atoms with E-state index in [4.69, 9.17) is 16.3 Å². The summed E-state index contributed by atoms with van der Waals surface area (Å²) in [6.07, 6.45) is 0.481. The van der Waals surface area contributed by atoms with Crippen molar-refractivity contribution in [3.63, 3.8) is 0 Å². The van der Waals surface area contributed by atoms with Crippen molar-refractivity contribution in [2.45, 2.75) is 19.8 Å². The highest BCUT2D eigenvalue weighted by Gasteiger charge is 2.20. The first kappa shape index (κ1) is 16.2. The van der Waals surface area contributed by atoms with E-state index in [1.807, 2.05) is 0 Å². The van der Waals surface area contributed by atoms with Gasteiger partial charge in [-0.1, -0.05) is 23.7 Å². The molecular weight excluding hydrogens is 282 g/mol.